The number of nitrogens with zero attached hydrogens (tertiary/aromatic N) is 1. The standard InChI is InChI=1S/C16H20N2O8S/c1-27(23,24)26-12-7-13(15(21)17-8-14(19)20)18(9-12)16(22)25-10-11-5-3-2-4-6-11/h2-6,12-13H,7-10H2,1H3,(H,17,21)(H,19,20)/t12?,13-/m0/s1. The van der Waals surface area contributed by atoms with Crippen LogP contribution in [0.25, 0.3) is 0 Å². The summed E-state index contributed by atoms with van der Waals surface area (Å²) in [6.07, 6.45) is -0.985. The van der Waals surface area contributed by atoms with Crippen LogP contribution in [0.3, 0.4) is 0 Å². The molecule has 0 aromatic heterocycles. The number of carboxylic acid groups (broad SMARTS) is 1. The summed E-state index contributed by atoms with van der Waals surface area (Å²) in [6.45, 7) is -0.830. The lowest BCUT2D eigenvalue weighted by Gasteiger charge is -2.22. The molecule has 1 aromatic carbocycles. The van der Waals surface area contributed by atoms with E-state index in [9.17, 15) is 22.8 Å². The van der Waals surface area contributed by atoms with Crippen molar-refractivity contribution in [2.45, 2.75) is 25.2 Å². The van der Waals surface area contributed by atoms with Gasteiger partial charge in [-0.3, -0.25) is 18.7 Å². The third-order valence-corrected chi connectivity index (χ3v) is 4.35. The number of nitrogens with one attached hydrogen (secondary N) is 1. The molecule has 1 heterocycles. The third-order valence-electron chi connectivity index (χ3n) is 3.73. The summed E-state index contributed by atoms with van der Waals surface area (Å²) in [7, 11) is -3.79. The van der Waals surface area contributed by atoms with Crippen LogP contribution < -0.4 is 5.32 Å². The SMILES string of the molecule is CS(=O)(=O)OC1C[C@@H](C(=O)NCC(=O)O)N(C(=O)OCc2ccccc2)C1. The van der Waals surface area contributed by atoms with E-state index in [4.69, 9.17) is 14.0 Å². The van der Waals surface area contributed by atoms with Gasteiger partial charge < -0.3 is 15.2 Å². The normalized spacial score (nSPS) is 19.5. The zero-order valence-electron chi connectivity index (χ0n) is 14.5. The number of likely N-dealkylation sites (tertiary alicyclic amines) is 1. The van der Waals surface area contributed by atoms with E-state index in [1.54, 1.807) is 24.3 Å². The predicted molar refractivity (Wildman–Crippen MR) is 92.1 cm³/mol. The molecule has 11 heteroatoms. The first kappa shape index (κ1) is 20.6. The van der Waals surface area contributed by atoms with Crippen molar-refractivity contribution in [3.8, 4) is 0 Å². The summed E-state index contributed by atoms with van der Waals surface area (Å²) in [5, 5.41) is 10.8. The number of benzene rings is 1. The van der Waals surface area contributed by atoms with Gasteiger partial charge >= 0.3 is 12.1 Å². The highest BCUT2D eigenvalue weighted by Crippen LogP contribution is 2.23. The van der Waals surface area contributed by atoms with Gasteiger partial charge in [0.25, 0.3) is 10.1 Å². The quantitative estimate of drug-likeness (QED) is 0.607. The fourth-order valence-electron chi connectivity index (χ4n) is 2.65. The zero-order valence-corrected chi connectivity index (χ0v) is 15.3. The predicted octanol–water partition coefficient (Wildman–Crippen LogP) is -0.0569. The van der Waals surface area contributed by atoms with E-state index in [1.165, 1.54) is 0 Å². The van der Waals surface area contributed by atoms with Gasteiger partial charge in [-0.1, -0.05) is 30.3 Å². The van der Waals surface area contributed by atoms with Crippen LogP contribution in [-0.2, 0) is 35.2 Å². The number of hydrogen-bond acceptors (Lipinski definition) is 7. The Hall–Kier alpha value is -2.66. The van der Waals surface area contributed by atoms with Crippen molar-refractivity contribution in [2.24, 2.45) is 0 Å². The van der Waals surface area contributed by atoms with Gasteiger partial charge in [0.1, 0.15) is 19.2 Å². The van der Waals surface area contributed by atoms with Crippen LogP contribution in [0.5, 0.6) is 0 Å². The maximum atomic E-state index is 12.4. The molecule has 0 bridgehead atoms. The second-order valence-electron chi connectivity index (χ2n) is 5.98. The lowest BCUT2D eigenvalue weighted by atomic mass is 10.2. The molecule has 1 aromatic rings. The third kappa shape index (κ3) is 6.53. The number of ether oxygens (including phenoxy) is 1. The summed E-state index contributed by atoms with van der Waals surface area (Å²) in [6, 6.07) is 7.77. The minimum absolute atomic E-state index is 0.0305. The van der Waals surface area contributed by atoms with Gasteiger partial charge in [0.15, 0.2) is 0 Å². The van der Waals surface area contributed by atoms with Crippen LogP contribution in [0, 0.1) is 0 Å². The maximum Gasteiger partial charge on any atom is 0.410 e. The summed E-state index contributed by atoms with van der Waals surface area (Å²) >= 11 is 0. The Balaban J connectivity index is 2.06. The smallest absolute Gasteiger partial charge is 0.410 e. The van der Waals surface area contributed by atoms with Gasteiger partial charge in [-0.05, 0) is 5.56 Å². The highest BCUT2D eigenvalue weighted by molar-refractivity contribution is 7.86. The fourth-order valence-corrected chi connectivity index (χ4v) is 3.28. The van der Waals surface area contributed by atoms with Crippen molar-refractivity contribution < 1.29 is 36.8 Å². The number of carbonyl (C=O) groups excluding carboxylic acids is 2. The molecule has 1 aliphatic rings. The van der Waals surface area contributed by atoms with E-state index in [0.717, 1.165) is 16.7 Å². The van der Waals surface area contributed by atoms with Gasteiger partial charge in [0.05, 0.1) is 18.9 Å². The molecule has 148 valence electrons. The van der Waals surface area contributed by atoms with Crippen LogP contribution in [0.4, 0.5) is 4.79 Å². The van der Waals surface area contributed by atoms with Crippen molar-refractivity contribution in [3.63, 3.8) is 0 Å². The summed E-state index contributed by atoms with van der Waals surface area (Å²) in [5.41, 5.74) is 0.737. The Morgan fingerprint density at radius 2 is 1.93 bits per heavy atom. The number of carboxylic acids is 1. The molecule has 1 fully saturated rings. The molecule has 27 heavy (non-hydrogen) atoms. The molecular formula is C16H20N2O8S. The molecule has 2 rings (SSSR count). The topological polar surface area (TPSA) is 139 Å². The number of aliphatic carboxylic acids is 1. The second kappa shape index (κ2) is 8.82. The van der Waals surface area contributed by atoms with E-state index in [0.29, 0.717) is 0 Å². The summed E-state index contributed by atoms with van der Waals surface area (Å²) < 4.78 is 32.7. The molecular weight excluding hydrogens is 380 g/mol. The fraction of sp³-hybridized carbons (Fsp3) is 0.438. The second-order valence-corrected chi connectivity index (χ2v) is 7.58. The van der Waals surface area contributed by atoms with Gasteiger partial charge in [-0.15, -0.1) is 0 Å². The van der Waals surface area contributed by atoms with E-state index in [-0.39, 0.29) is 19.6 Å². The van der Waals surface area contributed by atoms with Crippen molar-refractivity contribution >= 4 is 28.1 Å². The minimum Gasteiger partial charge on any atom is -0.480 e. The molecule has 10 nitrogen and oxygen atoms in total. The summed E-state index contributed by atoms with van der Waals surface area (Å²) in [5.74, 6) is -1.97. The molecule has 2 amide bonds. The average Bonchev–Trinajstić information content (AvgIpc) is 3.00. The van der Waals surface area contributed by atoms with Crippen molar-refractivity contribution in [2.75, 3.05) is 19.3 Å². The van der Waals surface area contributed by atoms with Gasteiger partial charge in [-0.2, -0.15) is 8.42 Å². The summed E-state index contributed by atoms with van der Waals surface area (Å²) in [4.78, 5) is 36.3. The first-order chi connectivity index (χ1) is 12.7. The van der Waals surface area contributed by atoms with Crippen LogP contribution in [0.15, 0.2) is 30.3 Å². The Morgan fingerprint density at radius 3 is 2.52 bits per heavy atom. The molecule has 1 unspecified atom stereocenters. The molecule has 2 N–H and O–H groups in total. The lowest BCUT2D eigenvalue weighted by Crippen LogP contribution is -2.47. The van der Waals surface area contributed by atoms with Gasteiger partial charge in [0.2, 0.25) is 5.91 Å². The number of hydrogen-bond donors (Lipinski definition) is 2. The van der Waals surface area contributed by atoms with Crippen molar-refractivity contribution in [1.29, 1.82) is 0 Å². The highest BCUT2D eigenvalue weighted by atomic mass is 32.2. The van der Waals surface area contributed by atoms with Crippen molar-refractivity contribution in [3.05, 3.63) is 35.9 Å². The minimum atomic E-state index is -3.79. The van der Waals surface area contributed by atoms with Crippen LogP contribution in [-0.4, -0.2) is 67.9 Å². The Bertz CT molecular complexity index is 796. The Kier molecular flexibility index (Phi) is 6.75. The molecule has 2 atom stereocenters. The van der Waals surface area contributed by atoms with Crippen LogP contribution in [0.1, 0.15) is 12.0 Å². The first-order valence-corrected chi connectivity index (χ1v) is 9.82. The van der Waals surface area contributed by atoms with Crippen LogP contribution in [0.2, 0.25) is 0 Å². The van der Waals surface area contributed by atoms with E-state index >= 15 is 0 Å². The Labute approximate surface area is 156 Å². The number of carbonyl (C=O) groups is 3. The molecule has 1 saturated heterocycles. The number of rotatable bonds is 7. The van der Waals surface area contributed by atoms with Crippen molar-refractivity contribution in [1.82, 2.24) is 10.2 Å². The average molecular weight is 400 g/mol. The van der Waals surface area contributed by atoms with Crippen LogP contribution >= 0.6 is 0 Å². The van der Waals surface area contributed by atoms with Gasteiger partial charge in [0, 0.05) is 6.42 Å². The highest BCUT2D eigenvalue weighted by Gasteiger charge is 2.42. The molecule has 0 aliphatic carbocycles. The van der Waals surface area contributed by atoms with E-state index in [1.807, 2.05) is 6.07 Å². The molecule has 0 saturated carbocycles. The maximum absolute atomic E-state index is 12.4. The monoisotopic (exact) mass is 400 g/mol. The van der Waals surface area contributed by atoms with E-state index in [2.05, 4.69) is 5.32 Å². The lowest BCUT2D eigenvalue weighted by molar-refractivity contribution is -0.138. The number of amides is 2. The first-order valence-electron chi connectivity index (χ1n) is 8.01. The largest absolute Gasteiger partial charge is 0.480 e. The van der Waals surface area contributed by atoms with E-state index < -0.39 is 46.8 Å². The molecule has 0 spiro atoms. The Morgan fingerprint density at radius 1 is 1.26 bits per heavy atom. The van der Waals surface area contributed by atoms with Gasteiger partial charge in [-0.25, -0.2) is 4.79 Å². The zero-order chi connectivity index (χ0) is 20.0. The molecule has 0 radical (unpaired) electrons. The molecule has 1 aliphatic heterocycles.